The number of carbonyl (C=O) groups is 1. The second-order valence-electron chi connectivity index (χ2n) is 5.58. The molecule has 6 heteroatoms. The van der Waals surface area contributed by atoms with Crippen LogP contribution in [0.3, 0.4) is 0 Å². The minimum atomic E-state index is -0.171. The van der Waals surface area contributed by atoms with Crippen LogP contribution in [0.4, 0.5) is 0 Å². The fourth-order valence-electron chi connectivity index (χ4n) is 2.50. The van der Waals surface area contributed by atoms with Crippen molar-refractivity contribution in [2.45, 2.75) is 52.6 Å². The number of nitrogens with zero attached hydrogens (tertiary/aromatic N) is 3. The van der Waals surface area contributed by atoms with E-state index in [9.17, 15) is 4.79 Å². The average Bonchev–Trinajstić information content (AvgIpc) is 2.99. The van der Waals surface area contributed by atoms with Crippen molar-refractivity contribution in [3.8, 4) is 0 Å². The molecule has 1 unspecified atom stereocenters. The summed E-state index contributed by atoms with van der Waals surface area (Å²) in [6.07, 6.45) is 2.65. The molecule has 0 N–H and O–H groups in total. The molecule has 1 fully saturated rings. The van der Waals surface area contributed by atoms with Gasteiger partial charge < -0.3 is 9.26 Å². The molecule has 1 aliphatic rings. The van der Waals surface area contributed by atoms with Crippen LogP contribution in [0.25, 0.3) is 0 Å². The average molecular weight is 281 g/mol. The second kappa shape index (κ2) is 6.83. The first-order chi connectivity index (χ1) is 9.60. The zero-order chi connectivity index (χ0) is 14.5. The number of hydrogen-bond acceptors (Lipinski definition) is 6. The molecule has 1 aliphatic heterocycles. The summed E-state index contributed by atoms with van der Waals surface area (Å²) in [7, 11) is 0. The Labute approximate surface area is 119 Å². The maximum atomic E-state index is 11.9. The highest BCUT2D eigenvalue weighted by molar-refractivity contribution is 5.76. The summed E-state index contributed by atoms with van der Waals surface area (Å²) < 4.78 is 10.4. The lowest BCUT2D eigenvalue weighted by Gasteiger charge is -2.20. The van der Waals surface area contributed by atoms with Gasteiger partial charge in [0.1, 0.15) is 6.04 Å². The Hall–Kier alpha value is -1.43. The third-order valence-electron chi connectivity index (χ3n) is 3.36. The first-order valence-electron chi connectivity index (χ1n) is 7.32. The van der Waals surface area contributed by atoms with Crippen molar-refractivity contribution in [2.24, 2.45) is 5.92 Å². The van der Waals surface area contributed by atoms with E-state index >= 15 is 0 Å². The van der Waals surface area contributed by atoms with Gasteiger partial charge in [0.25, 0.3) is 0 Å². The Kier molecular flexibility index (Phi) is 5.11. The Morgan fingerprint density at radius 2 is 2.35 bits per heavy atom. The van der Waals surface area contributed by atoms with Crippen LogP contribution in [0.15, 0.2) is 4.52 Å². The Morgan fingerprint density at radius 1 is 1.55 bits per heavy atom. The second-order valence-corrected chi connectivity index (χ2v) is 5.58. The summed E-state index contributed by atoms with van der Waals surface area (Å²) in [5, 5.41) is 3.98. The molecular formula is C14H23N3O3. The van der Waals surface area contributed by atoms with E-state index in [0.29, 0.717) is 25.0 Å². The van der Waals surface area contributed by atoms with Crippen LogP contribution in [0.5, 0.6) is 0 Å². The molecule has 0 aromatic carbocycles. The number of carbonyl (C=O) groups excluding carboxylic acids is 1. The van der Waals surface area contributed by atoms with E-state index < -0.39 is 0 Å². The fourth-order valence-corrected chi connectivity index (χ4v) is 2.50. The topological polar surface area (TPSA) is 68.5 Å². The summed E-state index contributed by atoms with van der Waals surface area (Å²) >= 11 is 0. The van der Waals surface area contributed by atoms with E-state index in [2.05, 4.69) is 28.9 Å². The molecule has 2 heterocycles. The van der Waals surface area contributed by atoms with Crippen LogP contribution in [-0.4, -0.2) is 40.2 Å². The van der Waals surface area contributed by atoms with Crippen LogP contribution in [0, 0.1) is 5.92 Å². The number of aromatic nitrogens is 2. The van der Waals surface area contributed by atoms with E-state index in [4.69, 9.17) is 9.26 Å². The van der Waals surface area contributed by atoms with Crippen molar-refractivity contribution in [1.82, 2.24) is 15.0 Å². The first kappa shape index (κ1) is 15.0. The summed E-state index contributed by atoms with van der Waals surface area (Å²) in [5.74, 6) is 1.67. The maximum absolute atomic E-state index is 11.9. The molecule has 1 aromatic rings. The van der Waals surface area contributed by atoms with Crippen LogP contribution in [-0.2, 0) is 22.5 Å². The number of hydrogen-bond donors (Lipinski definition) is 0. The summed E-state index contributed by atoms with van der Waals surface area (Å²) in [5.41, 5.74) is 0. The Bertz CT molecular complexity index is 445. The molecule has 20 heavy (non-hydrogen) atoms. The number of likely N-dealkylation sites (tertiary alicyclic amines) is 1. The van der Waals surface area contributed by atoms with Gasteiger partial charge in [-0.1, -0.05) is 19.0 Å². The van der Waals surface area contributed by atoms with Gasteiger partial charge in [0.2, 0.25) is 5.89 Å². The van der Waals surface area contributed by atoms with Crippen LogP contribution in [0.1, 0.15) is 45.3 Å². The van der Waals surface area contributed by atoms with Crippen molar-refractivity contribution >= 4 is 5.97 Å². The molecule has 1 saturated heterocycles. The lowest BCUT2D eigenvalue weighted by atomic mass is 10.1. The van der Waals surface area contributed by atoms with Crippen molar-refractivity contribution < 1.29 is 14.1 Å². The molecule has 112 valence electrons. The van der Waals surface area contributed by atoms with E-state index in [-0.39, 0.29) is 12.0 Å². The van der Waals surface area contributed by atoms with Crippen LogP contribution < -0.4 is 0 Å². The van der Waals surface area contributed by atoms with E-state index in [1.807, 2.05) is 6.92 Å². The number of esters is 1. The molecule has 0 aliphatic carbocycles. The Balaban J connectivity index is 1.94. The zero-order valence-corrected chi connectivity index (χ0v) is 12.5. The van der Waals surface area contributed by atoms with E-state index in [1.54, 1.807) is 0 Å². The van der Waals surface area contributed by atoms with Crippen molar-refractivity contribution in [2.75, 3.05) is 13.2 Å². The molecular weight excluding hydrogens is 258 g/mol. The molecule has 0 spiro atoms. The maximum Gasteiger partial charge on any atom is 0.323 e. The van der Waals surface area contributed by atoms with Gasteiger partial charge in [0, 0.05) is 6.42 Å². The van der Waals surface area contributed by atoms with Crippen LogP contribution in [0.2, 0.25) is 0 Å². The highest BCUT2D eigenvalue weighted by atomic mass is 16.5. The molecule has 0 radical (unpaired) electrons. The highest BCUT2D eigenvalue weighted by Crippen LogP contribution is 2.20. The molecule has 1 atom stereocenters. The largest absolute Gasteiger partial charge is 0.465 e. The van der Waals surface area contributed by atoms with Gasteiger partial charge in [-0.2, -0.15) is 4.98 Å². The van der Waals surface area contributed by atoms with E-state index in [0.717, 1.165) is 31.6 Å². The fraction of sp³-hybridized carbons (Fsp3) is 0.786. The third-order valence-corrected chi connectivity index (χ3v) is 3.36. The zero-order valence-electron chi connectivity index (χ0n) is 12.5. The lowest BCUT2D eigenvalue weighted by molar-refractivity contribution is -0.148. The van der Waals surface area contributed by atoms with Gasteiger partial charge >= 0.3 is 5.97 Å². The molecule has 0 bridgehead atoms. The highest BCUT2D eigenvalue weighted by Gasteiger charge is 2.32. The smallest absolute Gasteiger partial charge is 0.323 e. The molecule has 0 amide bonds. The van der Waals surface area contributed by atoms with Gasteiger partial charge in [-0.25, -0.2) is 0 Å². The predicted molar refractivity (Wildman–Crippen MR) is 72.9 cm³/mol. The molecule has 0 saturated carbocycles. The van der Waals surface area contributed by atoms with Crippen LogP contribution >= 0.6 is 0 Å². The standard InChI is InChI=1S/C14H23N3O3/c1-4-19-14(18)11-6-5-7-17(11)9-13-15-12(16-20-13)8-10(2)3/h10-11H,4-9H2,1-3H3. The van der Waals surface area contributed by atoms with Gasteiger partial charge in [-0.3, -0.25) is 9.69 Å². The number of rotatable bonds is 6. The van der Waals surface area contributed by atoms with Gasteiger partial charge in [0.05, 0.1) is 13.2 Å². The van der Waals surface area contributed by atoms with E-state index in [1.165, 1.54) is 0 Å². The van der Waals surface area contributed by atoms with Gasteiger partial charge in [0.15, 0.2) is 5.82 Å². The SMILES string of the molecule is CCOC(=O)C1CCCN1Cc1nc(CC(C)C)no1. The summed E-state index contributed by atoms with van der Waals surface area (Å²) in [4.78, 5) is 18.3. The molecule has 2 rings (SSSR count). The Morgan fingerprint density at radius 3 is 3.05 bits per heavy atom. The quantitative estimate of drug-likeness (QED) is 0.741. The normalized spacial score (nSPS) is 19.7. The molecule has 1 aromatic heterocycles. The van der Waals surface area contributed by atoms with Gasteiger partial charge in [-0.05, 0) is 32.2 Å². The summed E-state index contributed by atoms with van der Waals surface area (Å²) in [6, 6.07) is -0.171. The lowest BCUT2D eigenvalue weighted by Crippen LogP contribution is -2.36. The predicted octanol–water partition coefficient (Wildman–Crippen LogP) is 1.80. The van der Waals surface area contributed by atoms with Gasteiger partial charge in [-0.15, -0.1) is 0 Å². The monoisotopic (exact) mass is 281 g/mol. The molecule has 6 nitrogen and oxygen atoms in total. The minimum Gasteiger partial charge on any atom is -0.465 e. The third kappa shape index (κ3) is 3.79. The summed E-state index contributed by atoms with van der Waals surface area (Å²) in [6.45, 7) is 7.87. The van der Waals surface area contributed by atoms with Crippen molar-refractivity contribution in [3.63, 3.8) is 0 Å². The minimum absolute atomic E-state index is 0.146. The first-order valence-corrected chi connectivity index (χ1v) is 7.32. The number of ether oxygens (including phenoxy) is 1. The van der Waals surface area contributed by atoms with Crippen molar-refractivity contribution in [1.29, 1.82) is 0 Å². The van der Waals surface area contributed by atoms with Crippen molar-refractivity contribution in [3.05, 3.63) is 11.7 Å².